The van der Waals surface area contributed by atoms with E-state index in [9.17, 15) is 18.0 Å². The molecule has 23 heavy (non-hydrogen) atoms. The second-order valence-electron chi connectivity index (χ2n) is 4.38. The number of aromatic nitrogens is 1. The van der Waals surface area contributed by atoms with Crippen molar-refractivity contribution in [3.63, 3.8) is 0 Å². The van der Waals surface area contributed by atoms with Gasteiger partial charge in [0.25, 0.3) is 0 Å². The molecule has 0 radical (unpaired) electrons. The van der Waals surface area contributed by atoms with Crippen LogP contribution in [0.2, 0.25) is 0 Å². The summed E-state index contributed by atoms with van der Waals surface area (Å²) in [7, 11) is 0. The fourth-order valence-corrected chi connectivity index (χ4v) is 2.32. The number of esters is 1. The molecule has 0 aliphatic heterocycles. The normalized spacial score (nSPS) is 10.7. The lowest BCUT2D eigenvalue weighted by Gasteiger charge is -2.13. The first-order chi connectivity index (χ1) is 11.0. The first kappa shape index (κ1) is 17.3. The smallest absolute Gasteiger partial charge is 0.373 e. The monoisotopic (exact) mass is 389 g/mol. The number of carbonyl (C=O) groups excluding carboxylic acids is 1. The Kier molecular flexibility index (Phi) is 5.97. The van der Waals surface area contributed by atoms with Crippen molar-refractivity contribution in [3.8, 4) is 11.5 Å². The highest BCUT2D eigenvalue weighted by Gasteiger charge is 2.17. The molecule has 0 unspecified atom stereocenters. The molecule has 0 amide bonds. The van der Waals surface area contributed by atoms with Crippen LogP contribution in [0.1, 0.15) is 5.56 Å². The van der Waals surface area contributed by atoms with Crippen LogP contribution in [0, 0.1) is 5.82 Å². The van der Waals surface area contributed by atoms with E-state index < -0.39 is 18.2 Å². The molecule has 0 aliphatic carbocycles. The first-order valence-electron chi connectivity index (χ1n) is 6.48. The van der Waals surface area contributed by atoms with E-state index in [1.165, 1.54) is 6.20 Å². The highest BCUT2D eigenvalue weighted by Crippen LogP contribution is 2.31. The van der Waals surface area contributed by atoms with Crippen LogP contribution in [-0.4, -0.2) is 24.0 Å². The fraction of sp³-hybridized carbons (Fsp3) is 0.200. The van der Waals surface area contributed by atoms with Crippen molar-refractivity contribution < 1.29 is 27.4 Å². The first-order valence-corrected chi connectivity index (χ1v) is 7.27. The quantitative estimate of drug-likeness (QED) is 0.697. The minimum absolute atomic E-state index is 0.151. The van der Waals surface area contributed by atoms with Gasteiger partial charge in [0.05, 0.1) is 19.0 Å². The van der Waals surface area contributed by atoms with Gasteiger partial charge in [0.1, 0.15) is 17.3 Å². The molecule has 1 aromatic carbocycles. The highest BCUT2D eigenvalue weighted by molar-refractivity contribution is 9.10. The summed E-state index contributed by atoms with van der Waals surface area (Å²) in [6.45, 7) is -0.233. The molecule has 0 saturated carbocycles. The second kappa shape index (κ2) is 7.96. The Hall–Kier alpha value is -2.09. The Morgan fingerprint density at radius 2 is 2.09 bits per heavy atom. The number of alkyl halides is 2. The van der Waals surface area contributed by atoms with Gasteiger partial charge in [-0.3, -0.25) is 4.98 Å². The molecule has 1 heterocycles. The third kappa shape index (κ3) is 4.95. The summed E-state index contributed by atoms with van der Waals surface area (Å²) in [5, 5.41) is 0. The van der Waals surface area contributed by atoms with E-state index in [4.69, 9.17) is 4.74 Å². The van der Waals surface area contributed by atoms with Crippen molar-refractivity contribution in [3.05, 3.63) is 52.5 Å². The maximum atomic E-state index is 13.1. The van der Waals surface area contributed by atoms with E-state index >= 15 is 0 Å². The van der Waals surface area contributed by atoms with Gasteiger partial charge in [-0.05, 0) is 12.1 Å². The predicted octanol–water partition coefficient (Wildman–Crippen LogP) is 4.13. The summed E-state index contributed by atoms with van der Waals surface area (Å²) < 4.78 is 48.0. The molecule has 0 spiro atoms. The summed E-state index contributed by atoms with van der Waals surface area (Å²) in [5.41, 5.74) is 0.596. The lowest BCUT2D eigenvalue weighted by Crippen LogP contribution is -2.16. The summed E-state index contributed by atoms with van der Waals surface area (Å²) in [6.07, 6.45) is -0.635. The van der Waals surface area contributed by atoms with E-state index in [2.05, 4.69) is 25.7 Å². The number of nitrogens with zero attached hydrogens (tertiary/aromatic N) is 1. The zero-order valence-corrected chi connectivity index (χ0v) is 13.2. The Labute approximate surface area is 138 Å². The Bertz CT molecular complexity index is 697. The molecule has 122 valence electrons. The third-order valence-corrected chi connectivity index (χ3v) is 3.50. The summed E-state index contributed by atoms with van der Waals surface area (Å²) in [6, 6.07) is 6.20. The third-order valence-electron chi connectivity index (χ3n) is 2.76. The van der Waals surface area contributed by atoms with Crippen molar-refractivity contribution in [2.24, 2.45) is 0 Å². The van der Waals surface area contributed by atoms with Gasteiger partial charge in [-0.1, -0.05) is 22.0 Å². The van der Waals surface area contributed by atoms with Crippen LogP contribution in [0.3, 0.4) is 0 Å². The van der Waals surface area contributed by atoms with Gasteiger partial charge in [-0.2, -0.15) is 8.78 Å². The molecule has 2 rings (SSSR count). The number of rotatable bonds is 6. The number of ether oxygens (including phenoxy) is 2. The number of benzene rings is 1. The summed E-state index contributed by atoms with van der Waals surface area (Å²) in [4.78, 5) is 14.4. The number of carbonyl (C=O) groups is 1. The van der Waals surface area contributed by atoms with Crippen LogP contribution in [-0.2, 0) is 16.0 Å². The lowest BCUT2D eigenvalue weighted by molar-refractivity contribution is -0.156. The number of pyridine rings is 1. The molecular weight excluding hydrogens is 379 g/mol. The molecule has 0 N–H and O–H groups in total. The second-order valence-corrected chi connectivity index (χ2v) is 5.23. The molecule has 4 nitrogen and oxygen atoms in total. The van der Waals surface area contributed by atoms with Crippen LogP contribution in [0.4, 0.5) is 13.2 Å². The van der Waals surface area contributed by atoms with Crippen LogP contribution in [0.15, 0.2) is 41.1 Å². The zero-order chi connectivity index (χ0) is 16.8. The zero-order valence-electron chi connectivity index (χ0n) is 11.6. The maximum Gasteiger partial charge on any atom is 0.373 e. The van der Waals surface area contributed by atoms with Gasteiger partial charge in [0.15, 0.2) is 0 Å². The standard InChI is InChI=1S/C15H11BrF3NO3/c16-12-2-1-3-13(23-10-6-9(17)7-20-8-10)11(12)4-5-22-15(21)14(18)19/h1-3,6-8,14H,4-5H2. The molecular formula is C15H11BrF3NO3. The van der Waals surface area contributed by atoms with E-state index in [0.29, 0.717) is 15.8 Å². The van der Waals surface area contributed by atoms with E-state index in [0.717, 1.165) is 12.3 Å². The van der Waals surface area contributed by atoms with Gasteiger partial charge in [0, 0.05) is 22.5 Å². The minimum atomic E-state index is -3.16. The van der Waals surface area contributed by atoms with Crippen molar-refractivity contribution in [1.82, 2.24) is 4.98 Å². The van der Waals surface area contributed by atoms with Crippen molar-refractivity contribution in [2.45, 2.75) is 12.8 Å². The fourth-order valence-electron chi connectivity index (χ4n) is 1.77. The van der Waals surface area contributed by atoms with Gasteiger partial charge in [0.2, 0.25) is 0 Å². The van der Waals surface area contributed by atoms with Gasteiger partial charge in [-0.15, -0.1) is 0 Å². The number of halogens is 4. The summed E-state index contributed by atoms with van der Waals surface area (Å²) in [5.74, 6) is -1.56. The largest absolute Gasteiger partial charge is 0.461 e. The molecule has 1 aromatic heterocycles. The Morgan fingerprint density at radius 3 is 2.78 bits per heavy atom. The van der Waals surface area contributed by atoms with Gasteiger partial charge >= 0.3 is 12.4 Å². The molecule has 0 aliphatic rings. The van der Waals surface area contributed by atoms with E-state index in [1.54, 1.807) is 18.2 Å². The average Bonchev–Trinajstić information content (AvgIpc) is 2.49. The van der Waals surface area contributed by atoms with Crippen LogP contribution >= 0.6 is 15.9 Å². The molecule has 0 saturated heterocycles. The molecule has 2 aromatic rings. The highest BCUT2D eigenvalue weighted by atomic mass is 79.9. The Morgan fingerprint density at radius 1 is 1.30 bits per heavy atom. The predicted molar refractivity (Wildman–Crippen MR) is 79.1 cm³/mol. The van der Waals surface area contributed by atoms with Crippen molar-refractivity contribution in [2.75, 3.05) is 6.61 Å². The topological polar surface area (TPSA) is 48.4 Å². The molecule has 8 heteroatoms. The van der Waals surface area contributed by atoms with Gasteiger partial charge < -0.3 is 9.47 Å². The molecule has 0 fully saturated rings. The lowest BCUT2D eigenvalue weighted by atomic mass is 10.1. The minimum Gasteiger partial charge on any atom is -0.461 e. The van der Waals surface area contributed by atoms with Gasteiger partial charge in [-0.25, -0.2) is 9.18 Å². The molecule has 0 bridgehead atoms. The average molecular weight is 390 g/mol. The van der Waals surface area contributed by atoms with Crippen LogP contribution in [0.25, 0.3) is 0 Å². The molecule has 0 atom stereocenters. The van der Waals surface area contributed by atoms with E-state index in [-0.39, 0.29) is 18.8 Å². The van der Waals surface area contributed by atoms with E-state index in [1.807, 2.05) is 0 Å². The maximum absolute atomic E-state index is 13.1. The number of hydrogen-bond acceptors (Lipinski definition) is 4. The van der Waals surface area contributed by atoms with Crippen LogP contribution in [0.5, 0.6) is 11.5 Å². The van der Waals surface area contributed by atoms with Crippen LogP contribution < -0.4 is 4.74 Å². The Balaban J connectivity index is 2.11. The van der Waals surface area contributed by atoms with Crippen molar-refractivity contribution >= 4 is 21.9 Å². The van der Waals surface area contributed by atoms with Crippen molar-refractivity contribution in [1.29, 1.82) is 0 Å². The summed E-state index contributed by atoms with van der Waals surface area (Å²) >= 11 is 3.31. The SMILES string of the molecule is O=C(OCCc1c(Br)cccc1Oc1cncc(F)c1)C(F)F. The number of hydrogen-bond donors (Lipinski definition) is 0.